The molecule has 238 valence electrons. The Bertz CT molecular complexity index is 882. The molecule has 16 heteroatoms. The number of carbonyl (C=O) groups is 6. The summed E-state index contributed by atoms with van der Waals surface area (Å²) in [6.07, 6.45) is 2.12. The van der Waals surface area contributed by atoms with Crippen LogP contribution in [0.15, 0.2) is 12.2 Å². The Morgan fingerprint density at radius 3 is 1.67 bits per heavy atom. The molecule has 42 heavy (non-hydrogen) atoms. The van der Waals surface area contributed by atoms with Crippen LogP contribution in [-0.2, 0) is 52.5 Å². The van der Waals surface area contributed by atoms with Crippen LogP contribution in [0.4, 0.5) is 0 Å². The van der Waals surface area contributed by atoms with Crippen LogP contribution in [0.25, 0.3) is 0 Å². The predicted molar refractivity (Wildman–Crippen MR) is 147 cm³/mol. The van der Waals surface area contributed by atoms with E-state index in [9.17, 15) is 28.8 Å². The zero-order valence-electron chi connectivity index (χ0n) is 24.4. The summed E-state index contributed by atoms with van der Waals surface area (Å²) in [5.41, 5.74) is 0. The van der Waals surface area contributed by atoms with Crippen molar-refractivity contribution < 1.29 is 52.5 Å². The van der Waals surface area contributed by atoms with E-state index in [0.717, 1.165) is 9.80 Å². The Labute approximate surface area is 245 Å². The van der Waals surface area contributed by atoms with Gasteiger partial charge in [0.2, 0.25) is 23.6 Å². The molecule has 0 atom stereocenters. The number of nitrogens with zero attached hydrogens (tertiary/aromatic N) is 2. The molecule has 3 N–H and O–H groups in total. The number of hydrogen-bond acceptors (Lipinski definition) is 11. The number of carbonyl (C=O) groups excluding carboxylic acids is 6. The number of ether oxygens (including phenoxy) is 5. The minimum atomic E-state index is -0.528. The van der Waals surface area contributed by atoms with E-state index < -0.39 is 17.7 Å². The van der Waals surface area contributed by atoms with Gasteiger partial charge in [-0.05, 0) is 0 Å². The predicted octanol–water partition coefficient (Wildman–Crippen LogP) is -2.79. The van der Waals surface area contributed by atoms with Crippen molar-refractivity contribution >= 4 is 35.4 Å². The van der Waals surface area contributed by atoms with Crippen molar-refractivity contribution in [2.45, 2.75) is 12.8 Å². The Morgan fingerprint density at radius 2 is 1.12 bits per heavy atom. The normalized spacial score (nSPS) is 12.5. The zero-order valence-corrected chi connectivity index (χ0v) is 24.4. The van der Waals surface area contributed by atoms with E-state index in [1.165, 1.54) is 19.3 Å². The van der Waals surface area contributed by atoms with E-state index in [1.807, 2.05) is 0 Å². The average Bonchev–Trinajstić information content (AvgIpc) is 3.28. The highest BCUT2D eigenvalue weighted by molar-refractivity contribution is 6.12. The van der Waals surface area contributed by atoms with Crippen LogP contribution < -0.4 is 16.0 Å². The molecule has 1 aliphatic rings. The number of methoxy groups -OCH3 is 2. The molecular formula is C26H43N5O11. The molecule has 0 aromatic heterocycles. The fourth-order valence-corrected chi connectivity index (χ4v) is 3.35. The van der Waals surface area contributed by atoms with Crippen molar-refractivity contribution in [3.8, 4) is 0 Å². The Kier molecular flexibility index (Phi) is 20.2. The molecule has 0 aliphatic carbocycles. The van der Waals surface area contributed by atoms with Gasteiger partial charge in [0.05, 0.1) is 59.4 Å². The summed E-state index contributed by atoms with van der Waals surface area (Å²) < 4.78 is 25.7. The summed E-state index contributed by atoms with van der Waals surface area (Å²) in [7, 11) is 3.05. The second-order valence-electron chi connectivity index (χ2n) is 8.78. The van der Waals surface area contributed by atoms with Crippen molar-refractivity contribution in [1.29, 1.82) is 0 Å². The third-order valence-corrected chi connectivity index (χ3v) is 5.52. The van der Waals surface area contributed by atoms with Gasteiger partial charge in [0.1, 0.15) is 13.1 Å². The molecule has 0 saturated carbocycles. The zero-order chi connectivity index (χ0) is 31.0. The lowest BCUT2D eigenvalue weighted by Gasteiger charge is -2.22. The minimum absolute atomic E-state index is 0.104. The summed E-state index contributed by atoms with van der Waals surface area (Å²) >= 11 is 0. The van der Waals surface area contributed by atoms with Gasteiger partial charge in [-0.2, -0.15) is 0 Å². The third-order valence-electron chi connectivity index (χ3n) is 5.52. The summed E-state index contributed by atoms with van der Waals surface area (Å²) in [5, 5.41) is 7.85. The number of nitrogens with one attached hydrogen (secondary N) is 3. The first-order valence-corrected chi connectivity index (χ1v) is 13.6. The molecule has 1 rings (SSSR count). The molecule has 0 bridgehead atoms. The SMILES string of the molecule is COCCNC(=O)CCC(=O)N(CC(=O)NCCOCCOC)CC(=O)NCCOCCOCCN1C(=O)C=CC1=O. The highest BCUT2D eigenvalue weighted by Crippen LogP contribution is 2.02. The van der Waals surface area contributed by atoms with Crippen molar-refractivity contribution in [2.75, 3.05) is 106 Å². The van der Waals surface area contributed by atoms with Crippen LogP contribution in [-0.4, -0.2) is 152 Å². The van der Waals surface area contributed by atoms with Gasteiger partial charge in [0, 0.05) is 58.8 Å². The first-order valence-electron chi connectivity index (χ1n) is 13.6. The molecule has 0 aromatic carbocycles. The maximum absolute atomic E-state index is 12.8. The van der Waals surface area contributed by atoms with Gasteiger partial charge in [-0.25, -0.2) is 0 Å². The topological polar surface area (TPSA) is 191 Å². The molecule has 16 nitrogen and oxygen atoms in total. The molecular weight excluding hydrogens is 558 g/mol. The first-order chi connectivity index (χ1) is 20.3. The van der Waals surface area contributed by atoms with E-state index in [1.54, 1.807) is 7.11 Å². The van der Waals surface area contributed by atoms with Crippen LogP contribution in [0, 0.1) is 0 Å². The maximum atomic E-state index is 12.8. The van der Waals surface area contributed by atoms with Gasteiger partial charge >= 0.3 is 0 Å². The van der Waals surface area contributed by atoms with Gasteiger partial charge in [0.25, 0.3) is 11.8 Å². The second kappa shape index (κ2) is 23.2. The lowest BCUT2D eigenvalue weighted by Crippen LogP contribution is -2.46. The average molecular weight is 602 g/mol. The molecule has 0 fully saturated rings. The minimum Gasteiger partial charge on any atom is -0.383 e. The van der Waals surface area contributed by atoms with E-state index in [2.05, 4.69) is 16.0 Å². The van der Waals surface area contributed by atoms with E-state index in [4.69, 9.17) is 23.7 Å². The van der Waals surface area contributed by atoms with Crippen LogP contribution in [0.3, 0.4) is 0 Å². The Hall–Kier alpha value is -3.44. The molecule has 1 heterocycles. The van der Waals surface area contributed by atoms with Crippen molar-refractivity contribution in [3.05, 3.63) is 12.2 Å². The quantitative estimate of drug-likeness (QED) is 0.0724. The molecule has 0 radical (unpaired) electrons. The standard InChI is InChI=1S/C26H43N5O11/c1-38-11-7-27-21(32)3-4-24(35)30(19-22(33)28-8-12-40-16-15-39-2)20-23(34)29-9-13-41-17-18-42-14-10-31-25(36)5-6-26(31)37/h5-6H,3-4,7-20H2,1-2H3,(H,27,32)(H,28,33)(H,29,34). The number of imide groups is 1. The first kappa shape index (κ1) is 36.6. The highest BCUT2D eigenvalue weighted by atomic mass is 16.5. The van der Waals surface area contributed by atoms with Gasteiger partial charge in [-0.3, -0.25) is 33.7 Å². The number of hydrogen-bond donors (Lipinski definition) is 3. The van der Waals surface area contributed by atoms with E-state index >= 15 is 0 Å². The van der Waals surface area contributed by atoms with Crippen LogP contribution in [0.2, 0.25) is 0 Å². The summed E-state index contributed by atoms with van der Waals surface area (Å²) in [5.74, 6) is -2.60. The molecule has 6 amide bonds. The van der Waals surface area contributed by atoms with Crippen LogP contribution in [0.5, 0.6) is 0 Å². The van der Waals surface area contributed by atoms with Crippen LogP contribution >= 0.6 is 0 Å². The van der Waals surface area contributed by atoms with Gasteiger partial charge in [0.15, 0.2) is 0 Å². The smallest absolute Gasteiger partial charge is 0.253 e. The molecule has 0 saturated heterocycles. The lowest BCUT2D eigenvalue weighted by molar-refractivity contribution is -0.140. The van der Waals surface area contributed by atoms with Gasteiger partial charge < -0.3 is 44.5 Å². The Morgan fingerprint density at radius 1 is 0.643 bits per heavy atom. The van der Waals surface area contributed by atoms with Gasteiger partial charge in [-0.1, -0.05) is 0 Å². The van der Waals surface area contributed by atoms with Crippen LogP contribution in [0.1, 0.15) is 12.8 Å². The molecule has 0 unspecified atom stereocenters. The largest absolute Gasteiger partial charge is 0.383 e. The third kappa shape index (κ3) is 17.4. The molecule has 0 aromatic rings. The van der Waals surface area contributed by atoms with E-state index in [0.29, 0.717) is 26.4 Å². The van der Waals surface area contributed by atoms with E-state index in [-0.39, 0.29) is 96.3 Å². The van der Waals surface area contributed by atoms with Crippen molar-refractivity contribution in [1.82, 2.24) is 25.8 Å². The summed E-state index contributed by atoms with van der Waals surface area (Å²) in [6.45, 7) is 2.25. The molecule has 0 spiro atoms. The monoisotopic (exact) mass is 601 g/mol. The summed E-state index contributed by atoms with van der Waals surface area (Å²) in [6, 6.07) is 0. The van der Waals surface area contributed by atoms with Crippen molar-refractivity contribution in [2.24, 2.45) is 0 Å². The molecule has 1 aliphatic heterocycles. The number of amides is 6. The summed E-state index contributed by atoms with van der Waals surface area (Å²) in [4.78, 5) is 74.6. The van der Waals surface area contributed by atoms with Gasteiger partial charge in [-0.15, -0.1) is 0 Å². The highest BCUT2D eigenvalue weighted by Gasteiger charge is 2.23. The Balaban J connectivity index is 2.35. The lowest BCUT2D eigenvalue weighted by atomic mass is 10.2. The second-order valence-corrected chi connectivity index (χ2v) is 8.78. The fourth-order valence-electron chi connectivity index (χ4n) is 3.35. The number of rotatable bonds is 25. The maximum Gasteiger partial charge on any atom is 0.253 e. The fraction of sp³-hybridized carbons (Fsp3) is 0.692. The van der Waals surface area contributed by atoms with Crippen molar-refractivity contribution in [3.63, 3.8) is 0 Å².